The highest BCUT2D eigenvalue weighted by molar-refractivity contribution is 5.90. The number of methoxy groups -OCH3 is 1. The van der Waals surface area contributed by atoms with Gasteiger partial charge in [0.2, 0.25) is 12.4 Å². The van der Waals surface area contributed by atoms with Gasteiger partial charge < -0.3 is 28.4 Å². The Morgan fingerprint density at radius 2 is 1.18 bits per heavy atom. The van der Waals surface area contributed by atoms with Crippen molar-refractivity contribution in [2.45, 2.75) is 37.4 Å². The summed E-state index contributed by atoms with van der Waals surface area (Å²) in [5.41, 5.74) is 2.86. The molecule has 5 aromatic carbocycles. The second-order valence-corrected chi connectivity index (χ2v) is 11.6. The fourth-order valence-corrected chi connectivity index (χ4v) is 5.57. The SMILES string of the molecule is COc1ccc(Cc2ccccc2O[C@H]2O[C@H](COC(=O)c3ccccc3)C[C@H](OC(=O)c3ccccc3)[C@H]2OC(=O)c2ccccc2)cc1. The average Bonchev–Trinajstić information content (AvgIpc) is 3.17. The summed E-state index contributed by atoms with van der Waals surface area (Å²) >= 11 is 0. The first kappa shape index (κ1) is 34.0. The molecule has 9 nitrogen and oxygen atoms in total. The lowest BCUT2D eigenvalue weighted by atomic mass is 10.0. The van der Waals surface area contributed by atoms with E-state index in [-0.39, 0.29) is 13.0 Å². The van der Waals surface area contributed by atoms with Gasteiger partial charge in [-0.1, -0.05) is 84.9 Å². The molecule has 1 saturated heterocycles. The summed E-state index contributed by atoms with van der Waals surface area (Å²) in [7, 11) is 1.61. The van der Waals surface area contributed by atoms with Crippen molar-refractivity contribution in [3.05, 3.63) is 167 Å². The summed E-state index contributed by atoms with van der Waals surface area (Å²) in [5, 5.41) is 0. The van der Waals surface area contributed by atoms with E-state index < -0.39 is 42.5 Å². The van der Waals surface area contributed by atoms with Gasteiger partial charge in [0, 0.05) is 12.8 Å². The highest BCUT2D eigenvalue weighted by Crippen LogP contribution is 2.32. The fourth-order valence-electron chi connectivity index (χ4n) is 5.57. The van der Waals surface area contributed by atoms with Gasteiger partial charge >= 0.3 is 17.9 Å². The molecule has 1 aliphatic heterocycles. The smallest absolute Gasteiger partial charge is 0.338 e. The van der Waals surface area contributed by atoms with Crippen molar-refractivity contribution in [1.29, 1.82) is 0 Å². The molecule has 1 heterocycles. The van der Waals surface area contributed by atoms with Crippen molar-refractivity contribution in [1.82, 2.24) is 0 Å². The van der Waals surface area contributed by atoms with Crippen molar-refractivity contribution >= 4 is 17.9 Å². The van der Waals surface area contributed by atoms with Crippen LogP contribution in [0.15, 0.2) is 140 Å². The maximum absolute atomic E-state index is 13.5. The Labute approximate surface area is 290 Å². The minimum absolute atomic E-state index is 0.0563. The van der Waals surface area contributed by atoms with Gasteiger partial charge in [0.15, 0.2) is 0 Å². The van der Waals surface area contributed by atoms with Crippen molar-refractivity contribution in [2.75, 3.05) is 13.7 Å². The highest BCUT2D eigenvalue weighted by Gasteiger charge is 2.46. The molecule has 0 aliphatic carbocycles. The Hall–Kier alpha value is -5.93. The number of para-hydroxylation sites is 1. The molecule has 6 rings (SSSR count). The minimum atomic E-state index is -1.25. The number of carbonyl (C=O) groups is 3. The lowest BCUT2D eigenvalue weighted by molar-refractivity contribution is -0.240. The summed E-state index contributed by atoms with van der Waals surface area (Å²) in [5.74, 6) is -0.575. The second-order valence-electron chi connectivity index (χ2n) is 11.6. The van der Waals surface area contributed by atoms with Crippen molar-refractivity contribution < 1.29 is 42.8 Å². The Balaban J connectivity index is 1.31. The van der Waals surface area contributed by atoms with E-state index in [0.717, 1.165) is 16.9 Å². The van der Waals surface area contributed by atoms with E-state index in [0.29, 0.717) is 28.9 Å². The quantitative estimate of drug-likeness (QED) is 0.101. The zero-order chi connectivity index (χ0) is 34.7. The predicted octanol–water partition coefficient (Wildman–Crippen LogP) is 7.09. The van der Waals surface area contributed by atoms with E-state index in [1.54, 1.807) is 104 Å². The first-order chi connectivity index (χ1) is 24.5. The van der Waals surface area contributed by atoms with Crippen LogP contribution >= 0.6 is 0 Å². The van der Waals surface area contributed by atoms with E-state index >= 15 is 0 Å². The predicted molar refractivity (Wildman–Crippen MR) is 184 cm³/mol. The van der Waals surface area contributed by atoms with Gasteiger partial charge in [-0.15, -0.1) is 0 Å². The number of esters is 3. The molecule has 1 fully saturated rings. The van der Waals surface area contributed by atoms with E-state index in [2.05, 4.69) is 0 Å². The third-order valence-corrected chi connectivity index (χ3v) is 8.16. The summed E-state index contributed by atoms with van der Waals surface area (Å²) in [6, 6.07) is 40.7. The topological polar surface area (TPSA) is 107 Å². The summed E-state index contributed by atoms with van der Waals surface area (Å²) in [6.45, 7) is -0.167. The Bertz CT molecular complexity index is 1860. The van der Waals surface area contributed by atoms with Crippen LogP contribution in [0.25, 0.3) is 0 Å². The van der Waals surface area contributed by atoms with Gasteiger partial charge in [-0.25, -0.2) is 14.4 Å². The molecular formula is C41H36O9. The maximum Gasteiger partial charge on any atom is 0.338 e. The molecule has 0 bridgehead atoms. The lowest BCUT2D eigenvalue weighted by Crippen LogP contribution is -2.55. The van der Waals surface area contributed by atoms with Gasteiger partial charge in [0.1, 0.15) is 24.2 Å². The van der Waals surface area contributed by atoms with Crippen molar-refractivity contribution in [3.63, 3.8) is 0 Å². The number of rotatable bonds is 12. The third-order valence-electron chi connectivity index (χ3n) is 8.16. The normalized spacial score (nSPS) is 18.3. The van der Waals surface area contributed by atoms with Gasteiger partial charge in [-0.3, -0.25) is 0 Å². The molecule has 0 unspecified atom stereocenters. The molecule has 1 aliphatic rings. The molecule has 0 N–H and O–H groups in total. The molecule has 0 saturated carbocycles. The van der Waals surface area contributed by atoms with Crippen molar-refractivity contribution in [3.8, 4) is 11.5 Å². The largest absolute Gasteiger partial charge is 0.497 e. The monoisotopic (exact) mass is 672 g/mol. The molecule has 9 heteroatoms. The number of ether oxygens (including phenoxy) is 6. The summed E-state index contributed by atoms with van der Waals surface area (Å²) in [6.07, 6.45) is -3.66. The number of hydrogen-bond donors (Lipinski definition) is 0. The molecule has 50 heavy (non-hydrogen) atoms. The zero-order valence-corrected chi connectivity index (χ0v) is 27.4. The maximum atomic E-state index is 13.5. The molecule has 0 radical (unpaired) electrons. The molecule has 0 spiro atoms. The molecule has 0 amide bonds. The van der Waals surface area contributed by atoms with Crippen LogP contribution in [-0.4, -0.2) is 56.2 Å². The van der Waals surface area contributed by atoms with Gasteiger partial charge in [0.05, 0.1) is 29.9 Å². The Morgan fingerprint density at radius 1 is 0.640 bits per heavy atom. The molecule has 0 aromatic heterocycles. The summed E-state index contributed by atoms with van der Waals surface area (Å²) < 4.78 is 36.0. The van der Waals surface area contributed by atoms with Gasteiger partial charge in [0.25, 0.3) is 0 Å². The highest BCUT2D eigenvalue weighted by atomic mass is 16.7. The van der Waals surface area contributed by atoms with Crippen LogP contribution in [0.4, 0.5) is 0 Å². The lowest BCUT2D eigenvalue weighted by Gasteiger charge is -2.40. The number of benzene rings is 5. The van der Waals surface area contributed by atoms with E-state index in [1.165, 1.54) is 0 Å². The van der Waals surface area contributed by atoms with Crippen LogP contribution in [0, 0.1) is 0 Å². The zero-order valence-electron chi connectivity index (χ0n) is 27.4. The number of hydrogen-bond acceptors (Lipinski definition) is 9. The first-order valence-electron chi connectivity index (χ1n) is 16.2. The van der Waals surface area contributed by atoms with Crippen molar-refractivity contribution in [2.24, 2.45) is 0 Å². The molecular weight excluding hydrogens is 636 g/mol. The first-order valence-corrected chi connectivity index (χ1v) is 16.2. The summed E-state index contributed by atoms with van der Waals surface area (Å²) in [4.78, 5) is 39.7. The minimum Gasteiger partial charge on any atom is -0.497 e. The van der Waals surface area contributed by atoms with Gasteiger partial charge in [-0.05, 0) is 65.7 Å². The fraction of sp³-hybridized carbons (Fsp3) is 0.195. The van der Waals surface area contributed by atoms with E-state index in [4.69, 9.17) is 28.4 Å². The van der Waals surface area contributed by atoms with Crippen LogP contribution in [0.1, 0.15) is 48.6 Å². The van der Waals surface area contributed by atoms with Gasteiger partial charge in [-0.2, -0.15) is 0 Å². The average molecular weight is 673 g/mol. The Kier molecular flexibility index (Phi) is 11.2. The van der Waals surface area contributed by atoms with Crippen LogP contribution in [0.3, 0.4) is 0 Å². The molecule has 4 atom stereocenters. The van der Waals surface area contributed by atoms with Crippen LogP contribution in [-0.2, 0) is 25.4 Å². The molecule has 5 aromatic rings. The van der Waals surface area contributed by atoms with E-state index in [1.807, 2.05) is 42.5 Å². The van der Waals surface area contributed by atoms with Crippen LogP contribution in [0.5, 0.6) is 11.5 Å². The van der Waals surface area contributed by atoms with E-state index in [9.17, 15) is 14.4 Å². The third kappa shape index (κ3) is 8.75. The second kappa shape index (κ2) is 16.5. The van der Waals surface area contributed by atoms with Crippen LogP contribution in [0.2, 0.25) is 0 Å². The molecule has 254 valence electrons. The van der Waals surface area contributed by atoms with Crippen LogP contribution < -0.4 is 9.47 Å². The standard InChI is InChI=1S/C41H36O9/c1-45-33-23-21-28(22-24-33)25-32-19-11-12-20-35(32)49-41-37(50-40(44)31-17-9-4-10-18-31)36(48-39(43)30-15-7-3-8-16-30)26-34(47-41)27-46-38(42)29-13-5-2-6-14-29/h2-24,34,36-37,41H,25-27H2,1H3/t34-,36-,37+,41+/m0/s1. The Morgan fingerprint density at radius 3 is 1.78 bits per heavy atom. The number of carbonyl (C=O) groups excluding carboxylic acids is 3.